The first-order valence-electron chi connectivity index (χ1n) is 7.33. The zero-order valence-corrected chi connectivity index (χ0v) is 12.3. The molecule has 2 amide bonds. The molecule has 1 unspecified atom stereocenters. The summed E-state index contributed by atoms with van der Waals surface area (Å²) in [5.41, 5.74) is 1.57. The molecular weight excluding hydrogens is 268 g/mol. The van der Waals surface area contributed by atoms with Gasteiger partial charge in [-0.05, 0) is 37.8 Å². The molecule has 1 heterocycles. The fourth-order valence-electron chi connectivity index (χ4n) is 2.60. The molecular formula is C16H22N2O3. The number of nitrogens with zero attached hydrogens (tertiary/aromatic N) is 1. The van der Waals surface area contributed by atoms with Gasteiger partial charge in [-0.25, -0.2) is 0 Å². The molecule has 1 aromatic carbocycles. The molecule has 114 valence electrons. The Kier molecular flexibility index (Phi) is 5.33. The number of carbonyl (C=O) groups is 2. The van der Waals surface area contributed by atoms with E-state index in [1.54, 1.807) is 17.0 Å². The van der Waals surface area contributed by atoms with E-state index in [0.29, 0.717) is 18.7 Å². The van der Waals surface area contributed by atoms with Crippen molar-refractivity contribution in [1.82, 2.24) is 10.2 Å². The van der Waals surface area contributed by atoms with Gasteiger partial charge < -0.3 is 15.3 Å². The fraction of sp³-hybridized carbons (Fsp3) is 0.500. The summed E-state index contributed by atoms with van der Waals surface area (Å²) in [6.45, 7) is 3.32. The predicted molar refractivity (Wildman–Crippen MR) is 79.9 cm³/mol. The molecule has 1 atom stereocenters. The first kappa shape index (κ1) is 15.5. The number of benzene rings is 1. The highest BCUT2D eigenvalue weighted by molar-refractivity contribution is 5.96. The number of hydrogen-bond acceptors (Lipinski definition) is 3. The quantitative estimate of drug-likeness (QED) is 0.867. The first-order chi connectivity index (χ1) is 10.1. The number of hydrogen-bond donors (Lipinski definition) is 2. The minimum absolute atomic E-state index is 0.00488. The lowest BCUT2D eigenvalue weighted by molar-refractivity contribution is -0.132. The van der Waals surface area contributed by atoms with Crippen LogP contribution in [0.4, 0.5) is 0 Å². The molecule has 1 aliphatic rings. The third-order valence-electron chi connectivity index (χ3n) is 3.81. The molecule has 21 heavy (non-hydrogen) atoms. The number of piperidine rings is 1. The van der Waals surface area contributed by atoms with Crippen molar-refractivity contribution in [3.8, 4) is 0 Å². The van der Waals surface area contributed by atoms with Gasteiger partial charge in [0.1, 0.15) is 0 Å². The summed E-state index contributed by atoms with van der Waals surface area (Å²) in [6.07, 6.45) is 1.86. The van der Waals surface area contributed by atoms with Crippen LogP contribution in [0, 0.1) is 12.8 Å². The molecule has 0 bridgehead atoms. The minimum Gasteiger partial charge on any atom is -0.396 e. The summed E-state index contributed by atoms with van der Waals surface area (Å²) >= 11 is 0. The van der Waals surface area contributed by atoms with E-state index in [1.807, 2.05) is 19.1 Å². The van der Waals surface area contributed by atoms with Gasteiger partial charge in [-0.3, -0.25) is 9.59 Å². The lowest BCUT2D eigenvalue weighted by Gasteiger charge is -2.31. The second-order valence-corrected chi connectivity index (χ2v) is 5.58. The maximum Gasteiger partial charge on any atom is 0.251 e. The van der Waals surface area contributed by atoms with Crippen LogP contribution in [0.15, 0.2) is 24.3 Å². The molecule has 5 heteroatoms. The highest BCUT2D eigenvalue weighted by Gasteiger charge is 2.23. The number of aliphatic hydroxyl groups is 1. The van der Waals surface area contributed by atoms with Crippen molar-refractivity contribution < 1.29 is 14.7 Å². The second kappa shape index (κ2) is 7.22. The molecule has 2 N–H and O–H groups in total. The molecule has 0 aliphatic carbocycles. The Bertz CT molecular complexity index is 516. The van der Waals surface area contributed by atoms with Gasteiger partial charge in [0.05, 0.1) is 6.54 Å². The normalized spacial score (nSPS) is 18.4. The molecule has 1 fully saturated rings. The lowest BCUT2D eigenvalue weighted by Crippen LogP contribution is -2.45. The Hall–Kier alpha value is -1.88. The minimum atomic E-state index is -0.234. The van der Waals surface area contributed by atoms with Crippen LogP contribution < -0.4 is 5.32 Å². The summed E-state index contributed by atoms with van der Waals surface area (Å²) in [5.74, 6) is -0.160. The predicted octanol–water partition coefficient (Wildman–Crippen LogP) is 0.956. The van der Waals surface area contributed by atoms with Gasteiger partial charge in [-0.15, -0.1) is 0 Å². The van der Waals surface area contributed by atoms with E-state index in [-0.39, 0.29) is 30.9 Å². The van der Waals surface area contributed by atoms with E-state index in [2.05, 4.69) is 5.32 Å². The summed E-state index contributed by atoms with van der Waals surface area (Å²) in [4.78, 5) is 25.8. The average molecular weight is 290 g/mol. The number of nitrogens with one attached hydrogen (secondary N) is 1. The molecule has 0 aromatic heterocycles. The smallest absolute Gasteiger partial charge is 0.251 e. The highest BCUT2D eigenvalue weighted by atomic mass is 16.3. The fourth-order valence-corrected chi connectivity index (χ4v) is 2.60. The van der Waals surface area contributed by atoms with E-state index in [0.717, 1.165) is 18.4 Å². The molecule has 5 nitrogen and oxygen atoms in total. The van der Waals surface area contributed by atoms with Gasteiger partial charge in [-0.2, -0.15) is 0 Å². The van der Waals surface area contributed by atoms with Crippen molar-refractivity contribution in [2.24, 2.45) is 5.92 Å². The summed E-state index contributed by atoms with van der Waals surface area (Å²) in [6, 6.07) is 7.27. The Morgan fingerprint density at radius 1 is 1.43 bits per heavy atom. The molecule has 0 radical (unpaired) electrons. The Morgan fingerprint density at radius 3 is 2.95 bits per heavy atom. The van der Waals surface area contributed by atoms with E-state index < -0.39 is 0 Å². The van der Waals surface area contributed by atoms with E-state index in [9.17, 15) is 14.7 Å². The summed E-state index contributed by atoms with van der Waals surface area (Å²) in [7, 11) is 0. The van der Waals surface area contributed by atoms with Gasteiger partial charge in [0.15, 0.2) is 0 Å². The molecule has 0 saturated carbocycles. The Labute approximate surface area is 125 Å². The molecule has 1 aliphatic heterocycles. The van der Waals surface area contributed by atoms with Gasteiger partial charge in [0.2, 0.25) is 5.91 Å². The topological polar surface area (TPSA) is 69.6 Å². The molecule has 2 rings (SSSR count). The number of aliphatic hydroxyl groups excluding tert-OH is 1. The van der Waals surface area contributed by atoms with Crippen LogP contribution in [-0.4, -0.2) is 48.1 Å². The van der Waals surface area contributed by atoms with E-state index in [4.69, 9.17) is 0 Å². The van der Waals surface area contributed by atoms with Crippen molar-refractivity contribution in [3.63, 3.8) is 0 Å². The monoisotopic (exact) mass is 290 g/mol. The van der Waals surface area contributed by atoms with Crippen LogP contribution >= 0.6 is 0 Å². The van der Waals surface area contributed by atoms with Crippen molar-refractivity contribution in [2.75, 3.05) is 26.2 Å². The Balaban J connectivity index is 1.84. The molecule has 1 aromatic rings. The van der Waals surface area contributed by atoms with Gasteiger partial charge >= 0.3 is 0 Å². The number of amides is 2. The second-order valence-electron chi connectivity index (χ2n) is 5.58. The van der Waals surface area contributed by atoms with Crippen LogP contribution in [0.3, 0.4) is 0 Å². The number of rotatable bonds is 4. The number of aryl methyl sites for hydroxylation is 1. The van der Waals surface area contributed by atoms with Gasteiger partial charge in [0.25, 0.3) is 5.91 Å². The van der Waals surface area contributed by atoms with E-state index >= 15 is 0 Å². The standard InChI is InChI=1S/C16H22N2O3/c1-12-4-2-6-14(8-12)16(21)17-9-15(20)18-7-3-5-13(10-18)11-19/h2,4,6,8,13,19H,3,5,7,9-11H2,1H3,(H,17,21). The lowest BCUT2D eigenvalue weighted by atomic mass is 9.99. The average Bonchev–Trinajstić information content (AvgIpc) is 2.52. The van der Waals surface area contributed by atoms with Crippen molar-refractivity contribution in [3.05, 3.63) is 35.4 Å². The highest BCUT2D eigenvalue weighted by Crippen LogP contribution is 2.15. The largest absolute Gasteiger partial charge is 0.396 e. The Morgan fingerprint density at radius 2 is 2.24 bits per heavy atom. The van der Waals surface area contributed by atoms with E-state index in [1.165, 1.54) is 0 Å². The third kappa shape index (κ3) is 4.29. The maximum absolute atomic E-state index is 12.1. The van der Waals surface area contributed by atoms with Crippen molar-refractivity contribution in [2.45, 2.75) is 19.8 Å². The summed E-state index contributed by atoms with van der Waals surface area (Å²) < 4.78 is 0. The van der Waals surface area contributed by atoms with Gasteiger partial charge in [0, 0.05) is 25.3 Å². The van der Waals surface area contributed by atoms with Gasteiger partial charge in [-0.1, -0.05) is 17.7 Å². The molecule has 1 saturated heterocycles. The number of likely N-dealkylation sites (tertiary alicyclic amines) is 1. The SMILES string of the molecule is Cc1cccc(C(=O)NCC(=O)N2CCCC(CO)C2)c1. The zero-order chi connectivity index (χ0) is 15.2. The van der Waals surface area contributed by atoms with Crippen molar-refractivity contribution >= 4 is 11.8 Å². The first-order valence-corrected chi connectivity index (χ1v) is 7.33. The van der Waals surface area contributed by atoms with Crippen LogP contribution in [-0.2, 0) is 4.79 Å². The van der Waals surface area contributed by atoms with Crippen LogP contribution in [0.25, 0.3) is 0 Å². The van der Waals surface area contributed by atoms with Crippen LogP contribution in [0.5, 0.6) is 0 Å². The third-order valence-corrected chi connectivity index (χ3v) is 3.81. The zero-order valence-electron chi connectivity index (χ0n) is 12.3. The molecule has 0 spiro atoms. The van der Waals surface area contributed by atoms with Crippen LogP contribution in [0.2, 0.25) is 0 Å². The number of carbonyl (C=O) groups excluding carboxylic acids is 2. The van der Waals surface area contributed by atoms with Crippen LogP contribution in [0.1, 0.15) is 28.8 Å². The summed E-state index contributed by atoms with van der Waals surface area (Å²) in [5, 5.41) is 11.8. The van der Waals surface area contributed by atoms with Crippen molar-refractivity contribution in [1.29, 1.82) is 0 Å². The maximum atomic E-state index is 12.1.